The molecule has 0 aliphatic carbocycles. The molecule has 0 heterocycles. The number of nitrogens with zero attached hydrogens (tertiary/aromatic N) is 1. The van der Waals surface area contributed by atoms with Gasteiger partial charge in [-0.2, -0.15) is 0 Å². The fraction of sp³-hybridized carbons (Fsp3) is 0.571. The summed E-state index contributed by atoms with van der Waals surface area (Å²) in [5.74, 6) is 0.895. The SMILES string of the molecule is CCc1cc(OC)ccc1C(CCO)N(C)C. The van der Waals surface area contributed by atoms with Crippen LogP contribution in [0, 0.1) is 0 Å². The van der Waals surface area contributed by atoms with Gasteiger partial charge in [-0.25, -0.2) is 0 Å². The first-order valence-corrected chi connectivity index (χ1v) is 6.08. The van der Waals surface area contributed by atoms with E-state index < -0.39 is 0 Å². The number of hydrogen-bond acceptors (Lipinski definition) is 3. The van der Waals surface area contributed by atoms with Gasteiger partial charge in [0, 0.05) is 12.6 Å². The van der Waals surface area contributed by atoms with Crippen molar-refractivity contribution in [1.82, 2.24) is 4.90 Å². The van der Waals surface area contributed by atoms with Crippen LogP contribution < -0.4 is 4.74 Å². The van der Waals surface area contributed by atoms with Gasteiger partial charge >= 0.3 is 0 Å². The molecule has 1 aromatic rings. The van der Waals surface area contributed by atoms with Crippen molar-refractivity contribution in [3.63, 3.8) is 0 Å². The average Bonchev–Trinajstić information content (AvgIpc) is 2.35. The molecule has 96 valence electrons. The number of aliphatic hydroxyl groups excluding tert-OH is 1. The molecule has 1 rings (SSSR count). The lowest BCUT2D eigenvalue weighted by Crippen LogP contribution is -2.22. The highest BCUT2D eigenvalue weighted by atomic mass is 16.5. The van der Waals surface area contributed by atoms with Crippen LogP contribution in [0.3, 0.4) is 0 Å². The van der Waals surface area contributed by atoms with E-state index >= 15 is 0 Å². The van der Waals surface area contributed by atoms with Gasteiger partial charge in [-0.3, -0.25) is 0 Å². The maximum Gasteiger partial charge on any atom is 0.119 e. The van der Waals surface area contributed by atoms with Gasteiger partial charge in [-0.15, -0.1) is 0 Å². The zero-order valence-electron chi connectivity index (χ0n) is 11.2. The fourth-order valence-electron chi connectivity index (χ4n) is 2.15. The number of rotatable bonds is 6. The Labute approximate surface area is 104 Å². The highest BCUT2D eigenvalue weighted by molar-refractivity contribution is 5.37. The quantitative estimate of drug-likeness (QED) is 0.823. The zero-order valence-corrected chi connectivity index (χ0v) is 11.2. The Morgan fingerprint density at radius 3 is 2.53 bits per heavy atom. The highest BCUT2D eigenvalue weighted by Gasteiger charge is 2.16. The van der Waals surface area contributed by atoms with E-state index in [1.54, 1.807) is 7.11 Å². The monoisotopic (exact) mass is 237 g/mol. The molecule has 0 amide bonds. The Kier molecular flexibility index (Phi) is 5.45. The minimum Gasteiger partial charge on any atom is -0.497 e. The fourth-order valence-corrected chi connectivity index (χ4v) is 2.15. The first-order valence-electron chi connectivity index (χ1n) is 6.08. The molecule has 0 saturated heterocycles. The van der Waals surface area contributed by atoms with E-state index in [0.717, 1.165) is 18.6 Å². The number of aryl methyl sites for hydroxylation is 1. The molecule has 1 atom stereocenters. The lowest BCUT2D eigenvalue weighted by molar-refractivity contribution is 0.210. The predicted octanol–water partition coefficient (Wildman–Crippen LogP) is 2.24. The molecule has 1 N–H and O–H groups in total. The second-order valence-electron chi connectivity index (χ2n) is 4.41. The van der Waals surface area contributed by atoms with Crippen LogP contribution in [0.5, 0.6) is 5.75 Å². The predicted molar refractivity (Wildman–Crippen MR) is 70.5 cm³/mol. The summed E-state index contributed by atoms with van der Waals surface area (Å²) in [4.78, 5) is 2.15. The topological polar surface area (TPSA) is 32.7 Å². The molecular weight excluding hydrogens is 214 g/mol. The molecule has 0 radical (unpaired) electrons. The van der Waals surface area contributed by atoms with E-state index in [0.29, 0.717) is 0 Å². The van der Waals surface area contributed by atoms with Gasteiger partial charge < -0.3 is 14.7 Å². The van der Waals surface area contributed by atoms with Crippen LogP contribution in [0.1, 0.15) is 30.5 Å². The summed E-state index contributed by atoms with van der Waals surface area (Å²) >= 11 is 0. The maximum atomic E-state index is 9.16. The first-order chi connectivity index (χ1) is 8.13. The molecule has 0 spiro atoms. The third kappa shape index (κ3) is 3.45. The average molecular weight is 237 g/mol. The number of hydrogen-bond donors (Lipinski definition) is 1. The van der Waals surface area contributed by atoms with Crippen molar-refractivity contribution in [2.24, 2.45) is 0 Å². The van der Waals surface area contributed by atoms with Crippen molar-refractivity contribution < 1.29 is 9.84 Å². The van der Waals surface area contributed by atoms with Gasteiger partial charge in [0.25, 0.3) is 0 Å². The van der Waals surface area contributed by atoms with Gasteiger partial charge in [0.15, 0.2) is 0 Å². The summed E-state index contributed by atoms with van der Waals surface area (Å²) in [6.07, 6.45) is 1.73. The number of methoxy groups -OCH3 is 1. The van der Waals surface area contributed by atoms with Crippen molar-refractivity contribution in [3.05, 3.63) is 29.3 Å². The van der Waals surface area contributed by atoms with Gasteiger partial charge in [-0.1, -0.05) is 13.0 Å². The van der Waals surface area contributed by atoms with Gasteiger partial charge in [0.05, 0.1) is 7.11 Å². The van der Waals surface area contributed by atoms with Gasteiger partial charge in [-0.05, 0) is 50.2 Å². The normalized spacial score (nSPS) is 12.8. The van der Waals surface area contributed by atoms with Crippen molar-refractivity contribution >= 4 is 0 Å². The lowest BCUT2D eigenvalue weighted by Gasteiger charge is -2.26. The van der Waals surface area contributed by atoms with E-state index in [2.05, 4.69) is 24.0 Å². The van der Waals surface area contributed by atoms with Crippen molar-refractivity contribution in [2.75, 3.05) is 27.8 Å². The molecule has 17 heavy (non-hydrogen) atoms. The van der Waals surface area contributed by atoms with E-state index in [4.69, 9.17) is 9.84 Å². The molecular formula is C14H23NO2. The van der Waals surface area contributed by atoms with Crippen molar-refractivity contribution in [3.8, 4) is 5.75 Å². The van der Waals surface area contributed by atoms with Crippen molar-refractivity contribution in [2.45, 2.75) is 25.8 Å². The Balaban J connectivity index is 3.09. The van der Waals surface area contributed by atoms with E-state index in [1.165, 1.54) is 11.1 Å². The Hall–Kier alpha value is -1.06. The molecule has 0 aliphatic heterocycles. The van der Waals surface area contributed by atoms with Crippen LogP contribution >= 0.6 is 0 Å². The van der Waals surface area contributed by atoms with Crippen LogP contribution in [0.15, 0.2) is 18.2 Å². The van der Waals surface area contributed by atoms with Crippen molar-refractivity contribution in [1.29, 1.82) is 0 Å². The number of ether oxygens (including phenoxy) is 1. The number of benzene rings is 1. The molecule has 3 heteroatoms. The Morgan fingerprint density at radius 1 is 1.35 bits per heavy atom. The summed E-state index contributed by atoms with van der Waals surface area (Å²) in [5, 5.41) is 9.16. The van der Waals surface area contributed by atoms with Crippen LogP contribution in [0.25, 0.3) is 0 Å². The molecule has 0 aromatic heterocycles. The van der Waals surface area contributed by atoms with Crippen LogP contribution in [0.4, 0.5) is 0 Å². The molecule has 3 nitrogen and oxygen atoms in total. The standard InChI is InChI=1S/C14H23NO2/c1-5-11-10-12(17-4)6-7-13(11)14(8-9-16)15(2)3/h6-7,10,14,16H,5,8-9H2,1-4H3. The second kappa shape index (κ2) is 6.62. The van der Waals surface area contributed by atoms with E-state index in [1.807, 2.05) is 20.2 Å². The number of aliphatic hydroxyl groups is 1. The summed E-state index contributed by atoms with van der Waals surface area (Å²) in [6.45, 7) is 2.35. The molecule has 1 aromatic carbocycles. The first kappa shape index (κ1) is 14.0. The lowest BCUT2D eigenvalue weighted by atomic mass is 9.95. The molecule has 0 aliphatic rings. The summed E-state index contributed by atoms with van der Waals surface area (Å²) in [7, 11) is 5.78. The van der Waals surface area contributed by atoms with Gasteiger partial charge in [0.1, 0.15) is 5.75 Å². The maximum absolute atomic E-state index is 9.16. The Bertz CT molecular complexity index is 350. The third-order valence-electron chi connectivity index (χ3n) is 3.12. The smallest absolute Gasteiger partial charge is 0.119 e. The van der Waals surface area contributed by atoms with Gasteiger partial charge in [0.2, 0.25) is 0 Å². The summed E-state index contributed by atoms with van der Waals surface area (Å²) in [6, 6.07) is 6.45. The Morgan fingerprint density at radius 2 is 2.06 bits per heavy atom. The van der Waals surface area contributed by atoms with Crippen LogP contribution in [0.2, 0.25) is 0 Å². The molecule has 0 bridgehead atoms. The molecule has 0 fully saturated rings. The summed E-state index contributed by atoms with van der Waals surface area (Å²) < 4.78 is 5.25. The second-order valence-corrected chi connectivity index (χ2v) is 4.41. The summed E-state index contributed by atoms with van der Waals surface area (Å²) in [5.41, 5.74) is 2.57. The van der Waals surface area contributed by atoms with Crippen LogP contribution in [-0.4, -0.2) is 37.8 Å². The minimum absolute atomic E-state index is 0.206. The molecule has 1 unspecified atom stereocenters. The largest absolute Gasteiger partial charge is 0.497 e. The van der Waals surface area contributed by atoms with Crippen LogP contribution in [-0.2, 0) is 6.42 Å². The van der Waals surface area contributed by atoms with E-state index in [9.17, 15) is 0 Å². The zero-order chi connectivity index (χ0) is 12.8. The third-order valence-corrected chi connectivity index (χ3v) is 3.12. The van der Waals surface area contributed by atoms with E-state index in [-0.39, 0.29) is 12.6 Å². The molecule has 0 saturated carbocycles. The minimum atomic E-state index is 0.206. The highest BCUT2D eigenvalue weighted by Crippen LogP contribution is 2.28.